The lowest BCUT2D eigenvalue weighted by Gasteiger charge is -2.06. The van der Waals surface area contributed by atoms with Crippen LogP contribution in [0, 0.1) is 11.8 Å². The van der Waals surface area contributed by atoms with Crippen LogP contribution in [0.15, 0.2) is 66.7 Å². The van der Waals surface area contributed by atoms with E-state index in [0.717, 1.165) is 16.3 Å². The molecule has 2 amide bonds. The molecule has 0 heterocycles. The van der Waals surface area contributed by atoms with Crippen molar-refractivity contribution in [3.05, 3.63) is 83.4 Å². The van der Waals surface area contributed by atoms with E-state index in [1.54, 1.807) is 25.2 Å². The Balaban J connectivity index is 1.63. The zero-order valence-electron chi connectivity index (χ0n) is 15.1. The van der Waals surface area contributed by atoms with Gasteiger partial charge in [-0.1, -0.05) is 66.4 Å². The summed E-state index contributed by atoms with van der Waals surface area (Å²) in [6, 6.07) is 21.1. The SMILES string of the molecule is CNC(=O)c1ccccc1C#CCNC(=O)Cc1cccc2ccccc12. The van der Waals surface area contributed by atoms with Crippen LogP contribution in [-0.4, -0.2) is 25.4 Å². The summed E-state index contributed by atoms with van der Waals surface area (Å²) >= 11 is 0. The second kappa shape index (κ2) is 8.68. The maximum absolute atomic E-state index is 12.2. The van der Waals surface area contributed by atoms with E-state index in [0.29, 0.717) is 17.5 Å². The van der Waals surface area contributed by atoms with Crippen LogP contribution in [0.2, 0.25) is 0 Å². The van der Waals surface area contributed by atoms with E-state index in [1.807, 2.05) is 48.5 Å². The van der Waals surface area contributed by atoms with Crippen LogP contribution in [0.1, 0.15) is 21.5 Å². The van der Waals surface area contributed by atoms with Crippen molar-refractivity contribution < 1.29 is 9.59 Å². The van der Waals surface area contributed by atoms with Gasteiger partial charge in [0.05, 0.1) is 18.5 Å². The quantitative estimate of drug-likeness (QED) is 0.706. The number of benzene rings is 3. The van der Waals surface area contributed by atoms with Crippen molar-refractivity contribution >= 4 is 22.6 Å². The summed E-state index contributed by atoms with van der Waals surface area (Å²) in [5.74, 6) is 5.60. The molecule has 0 unspecified atom stereocenters. The molecule has 134 valence electrons. The van der Waals surface area contributed by atoms with Gasteiger partial charge in [0, 0.05) is 12.6 Å². The van der Waals surface area contributed by atoms with Crippen LogP contribution in [0.3, 0.4) is 0 Å². The average molecular weight is 356 g/mol. The fraction of sp³-hybridized carbons (Fsp3) is 0.130. The van der Waals surface area contributed by atoms with E-state index in [1.165, 1.54) is 0 Å². The van der Waals surface area contributed by atoms with Gasteiger partial charge in [0.1, 0.15) is 0 Å². The summed E-state index contributed by atoms with van der Waals surface area (Å²) in [5, 5.41) is 7.61. The average Bonchev–Trinajstić information content (AvgIpc) is 2.71. The Morgan fingerprint density at radius 2 is 1.67 bits per heavy atom. The number of amides is 2. The Hall–Kier alpha value is -3.58. The zero-order chi connectivity index (χ0) is 19.1. The van der Waals surface area contributed by atoms with Crippen molar-refractivity contribution in [2.24, 2.45) is 0 Å². The van der Waals surface area contributed by atoms with E-state index >= 15 is 0 Å². The fourth-order valence-electron chi connectivity index (χ4n) is 2.89. The van der Waals surface area contributed by atoms with E-state index in [-0.39, 0.29) is 18.4 Å². The van der Waals surface area contributed by atoms with Crippen molar-refractivity contribution in [3.63, 3.8) is 0 Å². The lowest BCUT2D eigenvalue weighted by molar-refractivity contribution is -0.120. The second-order valence-corrected chi connectivity index (χ2v) is 6.02. The molecule has 0 radical (unpaired) electrons. The minimum atomic E-state index is -0.181. The number of hydrogen-bond acceptors (Lipinski definition) is 2. The highest BCUT2D eigenvalue weighted by atomic mass is 16.2. The Morgan fingerprint density at radius 3 is 2.52 bits per heavy atom. The predicted molar refractivity (Wildman–Crippen MR) is 107 cm³/mol. The minimum absolute atomic E-state index is 0.0831. The third kappa shape index (κ3) is 4.53. The van der Waals surface area contributed by atoms with Crippen molar-refractivity contribution in [2.75, 3.05) is 13.6 Å². The Morgan fingerprint density at radius 1 is 0.926 bits per heavy atom. The highest BCUT2D eigenvalue weighted by Crippen LogP contribution is 2.18. The van der Waals surface area contributed by atoms with Gasteiger partial charge in [-0.2, -0.15) is 0 Å². The Labute approximate surface area is 158 Å². The molecule has 3 rings (SSSR count). The summed E-state index contributed by atoms with van der Waals surface area (Å²) in [4.78, 5) is 24.1. The number of carbonyl (C=O) groups excluding carboxylic acids is 2. The normalized spacial score (nSPS) is 9.96. The standard InChI is InChI=1S/C23H20N2O2/c1-24-23(27)21-14-5-3-9-18(21)12-7-15-25-22(26)16-19-11-6-10-17-8-2-4-13-20(17)19/h2-6,8-11,13-14H,15-16H2,1H3,(H,24,27)(H,25,26). The van der Waals surface area contributed by atoms with Crippen LogP contribution in [0.4, 0.5) is 0 Å². The first-order valence-corrected chi connectivity index (χ1v) is 8.72. The first kappa shape index (κ1) is 18.2. The van der Waals surface area contributed by atoms with Gasteiger partial charge in [-0.15, -0.1) is 0 Å². The molecule has 27 heavy (non-hydrogen) atoms. The molecule has 0 atom stereocenters. The molecule has 0 saturated heterocycles. The van der Waals surface area contributed by atoms with Gasteiger partial charge >= 0.3 is 0 Å². The first-order chi connectivity index (χ1) is 13.2. The number of fused-ring (bicyclic) bond motifs is 1. The molecular formula is C23H20N2O2. The summed E-state index contributed by atoms with van der Waals surface area (Å²) in [6.07, 6.45) is 0.303. The molecule has 3 aromatic rings. The third-order valence-electron chi connectivity index (χ3n) is 4.23. The smallest absolute Gasteiger partial charge is 0.252 e. The van der Waals surface area contributed by atoms with Gasteiger partial charge < -0.3 is 10.6 Å². The Bertz CT molecular complexity index is 1040. The topological polar surface area (TPSA) is 58.2 Å². The molecule has 4 heteroatoms. The number of hydrogen-bond donors (Lipinski definition) is 2. The molecule has 0 saturated carbocycles. The summed E-state index contributed by atoms with van der Waals surface area (Å²) in [7, 11) is 1.58. The third-order valence-corrected chi connectivity index (χ3v) is 4.23. The highest BCUT2D eigenvalue weighted by Gasteiger charge is 2.07. The summed E-state index contributed by atoms with van der Waals surface area (Å²) < 4.78 is 0. The number of nitrogens with one attached hydrogen (secondary N) is 2. The van der Waals surface area contributed by atoms with Crippen LogP contribution in [0.25, 0.3) is 10.8 Å². The Kier molecular flexibility index (Phi) is 5.86. The van der Waals surface area contributed by atoms with Gasteiger partial charge in [-0.25, -0.2) is 0 Å². The molecule has 0 aliphatic heterocycles. The molecule has 0 spiro atoms. The molecule has 0 aliphatic rings. The molecular weight excluding hydrogens is 336 g/mol. The second-order valence-electron chi connectivity index (χ2n) is 6.02. The van der Waals surface area contributed by atoms with Gasteiger partial charge in [-0.3, -0.25) is 9.59 Å². The molecule has 0 bridgehead atoms. The summed E-state index contributed by atoms with van der Waals surface area (Å²) in [5.41, 5.74) is 2.15. The molecule has 4 nitrogen and oxygen atoms in total. The maximum atomic E-state index is 12.2. The first-order valence-electron chi connectivity index (χ1n) is 8.72. The predicted octanol–water partition coefficient (Wildman–Crippen LogP) is 2.91. The molecule has 0 aliphatic carbocycles. The van der Waals surface area contributed by atoms with Crippen LogP contribution < -0.4 is 10.6 Å². The van der Waals surface area contributed by atoms with Gasteiger partial charge in [-0.05, 0) is 28.5 Å². The largest absolute Gasteiger partial charge is 0.355 e. The van der Waals surface area contributed by atoms with E-state index in [2.05, 4.69) is 22.5 Å². The van der Waals surface area contributed by atoms with E-state index in [9.17, 15) is 9.59 Å². The lowest BCUT2D eigenvalue weighted by atomic mass is 10.0. The fourth-order valence-corrected chi connectivity index (χ4v) is 2.89. The number of carbonyl (C=O) groups is 2. The van der Waals surface area contributed by atoms with Crippen LogP contribution in [0.5, 0.6) is 0 Å². The molecule has 3 aromatic carbocycles. The molecule has 0 aromatic heterocycles. The van der Waals surface area contributed by atoms with Gasteiger partial charge in [0.25, 0.3) is 5.91 Å². The number of rotatable bonds is 4. The highest BCUT2D eigenvalue weighted by molar-refractivity contribution is 5.96. The van der Waals surface area contributed by atoms with Crippen molar-refractivity contribution in [1.82, 2.24) is 10.6 Å². The maximum Gasteiger partial charge on any atom is 0.252 e. The van der Waals surface area contributed by atoms with E-state index < -0.39 is 0 Å². The van der Waals surface area contributed by atoms with Crippen molar-refractivity contribution in [1.29, 1.82) is 0 Å². The minimum Gasteiger partial charge on any atom is -0.355 e. The van der Waals surface area contributed by atoms with Crippen LogP contribution >= 0.6 is 0 Å². The van der Waals surface area contributed by atoms with Gasteiger partial charge in [0.2, 0.25) is 5.91 Å². The zero-order valence-corrected chi connectivity index (χ0v) is 15.1. The monoisotopic (exact) mass is 356 g/mol. The molecule has 0 fully saturated rings. The van der Waals surface area contributed by atoms with Crippen molar-refractivity contribution in [2.45, 2.75) is 6.42 Å². The lowest BCUT2D eigenvalue weighted by Crippen LogP contribution is -2.25. The summed E-state index contributed by atoms with van der Waals surface area (Å²) in [6.45, 7) is 0.228. The van der Waals surface area contributed by atoms with Crippen LogP contribution in [-0.2, 0) is 11.2 Å². The van der Waals surface area contributed by atoms with E-state index in [4.69, 9.17) is 0 Å². The molecule has 2 N–H and O–H groups in total. The van der Waals surface area contributed by atoms with Crippen molar-refractivity contribution in [3.8, 4) is 11.8 Å². The van der Waals surface area contributed by atoms with Gasteiger partial charge in [0.15, 0.2) is 0 Å².